The summed E-state index contributed by atoms with van der Waals surface area (Å²) in [6.07, 6.45) is -8.25. The van der Waals surface area contributed by atoms with E-state index < -0.39 is 96.0 Å². The van der Waals surface area contributed by atoms with Gasteiger partial charge in [-0.1, -0.05) is 0 Å². The molecule has 0 bridgehead atoms. The molecular weight excluding hydrogens is 708 g/mol. The first-order valence-electron chi connectivity index (χ1n) is 15.7. The minimum Gasteiger partial charge on any atom is -0.463 e. The Bertz CT molecular complexity index is 1990. The highest BCUT2D eigenvalue weighted by Crippen LogP contribution is 2.39. The summed E-state index contributed by atoms with van der Waals surface area (Å²) in [6, 6.07) is 7.81. The molecule has 2 heterocycles. The normalized spacial score (nSPS) is 19.3. The number of hydrogen-bond donors (Lipinski definition) is 0. The number of benzene rings is 2. The number of carbonyl (C=O) groups excluding carboxylic acids is 7. The van der Waals surface area contributed by atoms with E-state index in [1.54, 1.807) is 0 Å². The van der Waals surface area contributed by atoms with Crippen molar-refractivity contribution in [2.75, 3.05) is 6.61 Å². The molecule has 0 amide bonds. The van der Waals surface area contributed by atoms with E-state index in [0.29, 0.717) is 0 Å². The van der Waals surface area contributed by atoms with Crippen LogP contribution in [0.15, 0.2) is 45.6 Å². The number of rotatable bonds is 11. The highest BCUT2D eigenvalue weighted by atomic mass is 16.7. The maximum absolute atomic E-state index is 14.5. The van der Waals surface area contributed by atoms with Crippen molar-refractivity contribution in [3.8, 4) is 34.3 Å². The third-order valence-electron chi connectivity index (χ3n) is 6.97. The molecule has 53 heavy (non-hydrogen) atoms. The van der Waals surface area contributed by atoms with Crippen LogP contribution in [0, 0.1) is 0 Å². The molecule has 5 atom stereocenters. The molecule has 4 rings (SSSR count). The second-order valence-corrected chi connectivity index (χ2v) is 11.4. The number of fused-ring (bicyclic) bond motifs is 1. The summed E-state index contributed by atoms with van der Waals surface area (Å²) < 4.78 is 55.3. The van der Waals surface area contributed by atoms with Gasteiger partial charge in [0.2, 0.25) is 23.6 Å². The van der Waals surface area contributed by atoms with Gasteiger partial charge in [-0.2, -0.15) is 0 Å². The average molecular weight is 743 g/mol. The van der Waals surface area contributed by atoms with Crippen LogP contribution in [-0.2, 0) is 57.2 Å². The predicted octanol–water partition coefficient (Wildman–Crippen LogP) is 2.70. The molecular formula is C35H34O18. The van der Waals surface area contributed by atoms with Crippen molar-refractivity contribution in [2.24, 2.45) is 0 Å². The van der Waals surface area contributed by atoms with Crippen molar-refractivity contribution in [3.63, 3.8) is 0 Å². The smallest absolute Gasteiger partial charge is 0.308 e. The van der Waals surface area contributed by atoms with Gasteiger partial charge in [-0.15, -0.1) is 0 Å². The van der Waals surface area contributed by atoms with Crippen molar-refractivity contribution in [3.05, 3.63) is 46.6 Å². The molecule has 1 aliphatic heterocycles. The van der Waals surface area contributed by atoms with Gasteiger partial charge < -0.3 is 47.0 Å². The zero-order chi connectivity index (χ0) is 39.1. The first kappa shape index (κ1) is 39.5. The van der Waals surface area contributed by atoms with Gasteiger partial charge in [0, 0.05) is 66.2 Å². The first-order valence-corrected chi connectivity index (χ1v) is 15.7. The van der Waals surface area contributed by atoms with Crippen molar-refractivity contribution in [1.82, 2.24) is 0 Å². The van der Waals surface area contributed by atoms with E-state index >= 15 is 0 Å². The van der Waals surface area contributed by atoms with E-state index in [1.807, 2.05) is 0 Å². The molecule has 1 aromatic heterocycles. The first-order chi connectivity index (χ1) is 24.9. The molecule has 1 saturated heterocycles. The van der Waals surface area contributed by atoms with E-state index in [4.69, 9.17) is 47.0 Å². The second kappa shape index (κ2) is 16.8. The monoisotopic (exact) mass is 742 g/mol. The molecule has 0 aliphatic carbocycles. The standard InChI is InChI=1S/C35H34O18/c1-15(36)44-14-27-31(48-19(5)40)33(49-20(6)41)34(50-21(7)42)35(52-27)53-32-29(43)28-25(47-18(4)39)12-24(46-17(3)38)13-26(28)51-30(32)22-8-10-23(11-9-22)45-16(2)37/h8-13,27,31,33-35H,14H2,1-7H3/t27-,31+,33+,34-,35+/m1/s1. The van der Waals surface area contributed by atoms with Crippen LogP contribution in [0.3, 0.4) is 0 Å². The Labute approximate surface area is 300 Å². The molecule has 0 radical (unpaired) electrons. The van der Waals surface area contributed by atoms with Crippen LogP contribution in [0.5, 0.6) is 23.0 Å². The maximum Gasteiger partial charge on any atom is 0.308 e. The number of carbonyl (C=O) groups is 7. The van der Waals surface area contributed by atoms with Gasteiger partial charge in [0.25, 0.3) is 0 Å². The fraction of sp³-hybridized carbons (Fsp3) is 0.371. The van der Waals surface area contributed by atoms with Gasteiger partial charge in [0.1, 0.15) is 40.9 Å². The topological polar surface area (TPSA) is 233 Å². The van der Waals surface area contributed by atoms with Crippen molar-refractivity contribution in [1.29, 1.82) is 0 Å². The zero-order valence-corrected chi connectivity index (χ0v) is 29.4. The number of ether oxygens (including phenoxy) is 9. The van der Waals surface area contributed by atoms with Crippen molar-refractivity contribution < 1.29 is 80.6 Å². The van der Waals surface area contributed by atoms with Crippen LogP contribution in [0.25, 0.3) is 22.3 Å². The molecule has 0 unspecified atom stereocenters. The van der Waals surface area contributed by atoms with E-state index in [2.05, 4.69) is 0 Å². The summed E-state index contributed by atoms with van der Waals surface area (Å²) in [5.74, 6) is -7.11. The van der Waals surface area contributed by atoms with Gasteiger partial charge >= 0.3 is 41.8 Å². The predicted molar refractivity (Wildman–Crippen MR) is 174 cm³/mol. The number of esters is 7. The Kier molecular flexibility index (Phi) is 12.5. The molecule has 2 aromatic carbocycles. The highest BCUT2D eigenvalue weighted by Gasteiger charge is 2.54. The van der Waals surface area contributed by atoms with Gasteiger partial charge in [-0.05, 0) is 24.3 Å². The molecule has 1 aliphatic rings. The fourth-order valence-corrected chi connectivity index (χ4v) is 5.24. The van der Waals surface area contributed by atoms with Gasteiger partial charge in [-0.3, -0.25) is 38.4 Å². The molecule has 282 valence electrons. The van der Waals surface area contributed by atoms with Crippen LogP contribution in [-0.4, -0.2) is 79.1 Å². The summed E-state index contributed by atoms with van der Waals surface area (Å²) in [4.78, 5) is 98.6. The SMILES string of the molecule is CC(=O)OC[C@H]1O[C@@H](Oc2c(-c3ccc(OC(C)=O)cc3)oc3cc(OC(C)=O)cc(OC(C)=O)c3c2=O)[C@H](OC(C)=O)[C@@H](OC(C)=O)[C@H]1OC(C)=O. The van der Waals surface area contributed by atoms with Crippen LogP contribution in [0.2, 0.25) is 0 Å². The molecule has 18 nitrogen and oxygen atoms in total. The Morgan fingerprint density at radius 2 is 1.17 bits per heavy atom. The summed E-state index contributed by atoms with van der Waals surface area (Å²) in [6.45, 7) is 6.95. The van der Waals surface area contributed by atoms with Gasteiger partial charge in [0.05, 0.1) is 0 Å². The molecule has 0 saturated carbocycles. The lowest BCUT2D eigenvalue weighted by Crippen LogP contribution is -2.63. The molecule has 18 heteroatoms. The van der Waals surface area contributed by atoms with Crippen molar-refractivity contribution >= 4 is 52.8 Å². The van der Waals surface area contributed by atoms with E-state index in [0.717, 1.165) is 47.6 Å². The highest BCUT2D eigenvalue weighted by molar-refractivity contribution is 5.91. The Morgan fingerprint density at radius 3 is 1.72 bits per heavy atom. The van der Waals surface area contributed by atoms with E-state index in [-0.39, 0.29) is 33.8 Å². The minimum atomic E-state index is -1.88. The molecule has 0 spiro atoms. The third kappa shape index (κ3) is 10.2. The summed E-state index contributed by atoms with van der Waals surface area (Å²) in [5.41, 5.74) is -1.12. The quantitative estimate of drug-likeness (QED) is 0.156. The fourth-order valence-electron chi connectivity index (χ4n) is 5.24. The minimum absolute atomic E-state index is 0.126. The van der Waals surface area contributed by atoms with Gasteiger partial charge in [-0.25, -0.2) is 0 Å². The Hall–Kier alpha value is -6.30. The Balaban J connectivity index is 2.01. The van der Waals surface area contributed by atoms with Crippen LogP contribution < -0.4 is 24.4 Å². The Morgan fingerprint density at radius 1 is 0.623 bits per heavy atom. The molecule has 3 aromatic rings. The van der Waals surface area contributed by atoms with Crippen molar-refractivity contribution in [2.45, 2.75) is 79.2 Å². The van der Waals surface area contributed by atoms with E-state index in [9.17, 15) is 38.4 Å². The largest absolute Gasteiger partial charge is 0.463 e. The lowest BCUT2D eigenvalue weighted by molar-refractivity contribution is -0.288. The maximum atomic E-state index is 14.5. The van der Waals surface area contributed by atoms with Gasteiger partial charge in [0.15, 0.2) is 18.0 Å². The summed E-state index contributed by atoms with van der Waals surface area (Å²) >= 11 is 0. The van der Waals surface area contributed by atoms with E-state index in [1.165, 1.54) is 37.3 Å². The summed E-state index contributed by atoms with van der Waals surface area (Å²) in [7, 11) is 0. The number of hydrogen-bond acceptors (Lipinski definition) is 18. The summed E-state index contributed by atoms with van der Waals surface area (Å²) in [5, 5.41) is -0.378. The van der Waals surface area contributed by atoms with Crippen LogP contribution in [0.4, 0.5) is 0 Å². The third-order valence-corrected chi connectivity index (χ3v) is 6.97. The van der Waals surface area contributed by atoms with Crippen LogP contribution >= 0.6 is 0 Å². The second-order valence-electron chi connectivity index (χ2n) is 11.4. The average Bonchev–Trinajstić information content (AvgIpc) is 3.02. The lowest BCUT2D eigenvalue weighted by atomic mass is 9.98. The zero-order valence-electron chi connectivity index (χ0n) is 29.4. The lowest BCUT2D eigenvalue weighted by Gasteiger charge is -2.43. The molecule has 1 fully saturated rings. The molecule has 0 N–H and O–H groups in total. The van der Waals surface area contributed by atoms with Crippen LogP contribution in [0.1, 0.15) is 48.5 Å².